The van der Waals surface area contributed by atoms with Gasteiger partial charge in [0.25, 0.3) is 0 Å². The molecule has 0 unspecified atom stereocenters. The summed E-state index contributed by atoms with van der Waals surface area (Å²) in [4.78, 5) is 18.5. The SMILES string of the molecule is Cc1nc(CCN(C)C(=O)NC23CC4CC(CC(C4)C2)C3)no1. The van der Waals surface area contributed by atoms with Gasteiger partial charge >= 0.3 is 6.03 Å². The van der Waals surface area contributed by atoms with E-state index in [4.69, 9.17) is 4.52 Å². The van der Waals surface area contributed by atoms with Crippen LogP contribution in [0.5, 0.6) is 0 Å². The molecule has 23 heavy (non-hydrogen) atoms. The molecule has 1 aromatic heterocycles. The van der Waals surface area contributed by atoms with Gasteiger partial charge in [-0.25, -0.2) is 4.79 Å². The van der Waals surface area contributed by atoms with Crippen LogP contribution < -0.4 is 5.32 Å². The zero-order valence-electron chi connectivity index (χ0n) is 14.0. The van der Waals surface area contributed by atoms with E-state index in [2.05, 4.69) is 15.5 Å². The standard InChI is InChI=1S/C17H26N4O2/c1-11-18-15(20-23-11)3-4-21(2)16(22)19-17-8-12-5-13(9-17)7-14(6-12)10-17/h12-14H,3-10H2,1-2H3,(H,19,22). The van der Waals surface area contributed by atoms with Gasteiger partial charge in [0, 0.05) is 32.5 Å². The van der Waals surface area contributed by atoms with Crippen LogP contribution in [-0.2, 0) is 6.42 Å². The molecule has 4 saturated carbocycles. The number of hydrogen-bond acceptors (Lipinski definition) is 4. The van der Waals surface area contributed by atoms with Gasteiger partial charge in [0.2, 0.25) is 5.89 Å². The third-order valence-corrected chi connectivity index (χ3v) is 6.00. The predicted molar refractivity (Wildman–Crippen MR) is 84.8 cm³/mol. The summed E-state index contributed by atoms with van der Waals surface area (Å²) in [6.45, 7) is 2.39. The van der Waals surface area contributed by atoms with Gasteiger partial charge in [0.05, 0.1) is 0 Å². The maximum absolute atomic E-state index is 12.6. The van der Waals surface area contributed by atoms with Crippen molar-refractivity contribution in [3.05, 3.63) is 11.7 Å². The topological polar surface area (TPSA) is 71.3 Å². The van der Waals surface area contributed by atoms with Gasteiger partial charge in [-0.2, -0.15) is 4.98 Å². The molecule has 4 bridgehead atoms. The van der Waals surface area contributed by atoms with Gasteiger partial charge in [-0.05, 0) is 56.3 Å². The number of aromatic nitrogens is 2. The second-order valence-corrected chi connectivity index (χ2v) is 8.03. The Morgan fingerprint density at radius 3 is 2.39 bits per heavy atom. The van der Waals surface area contributed by atoms with Crippen LogP contribution in [0.25, 0.3) is 0 Å². The third kappa shape index (κ3) is 2.95. The van der Waals surface area contributed by atoms with Crippen molar-refractivity contribution in [3.63, 3.8) is 0 Å². The third-order valence-electron chi connectivity index (χ3n) is 6.00. The van der Waals surface area contributed by atoms with E-state index >= 15 is 0 Å². The Bertz CT molecular complexity index is 562. The van der Waals surface area contributed by atoms with E-state index in [0.717, 1.165) is 17.8 Å². The quantitative estimate of drug-likeness (QED) is 0.926. The Balaban J connectivity index is 1.34. The molecule has 1 aromatic rings. The first-order valence-corrected chi connectivity index (χ1v) is 8.84. The molecule has 4 aliphatic carbocycles. The Morgan fingerprint density at radius 1 is 1.26 bits per heavy atom. The Morgan fingerprint density at radius 2 is 1.87 bits per heavy atom. The molecule has 6 nitrogen and oxygen atoms in total. The number of nitrogens with zero attached hydrogens (tertiary/aromatic N) is 3. The Labute approximate surface area is 137 Å². The highest BCUT2D eigenvalue weighted by Crippen LogP contribution is 2.55. The van der Waals surface area contributed by atoms with Crippen LogP contribution in [0.15, 0.2) is 4.52 Å². The number of urea groups is 1. The van der Waals surface area contributed by atoms with Gasteiger partial charge in [-0.3, -0.25) is 0 Å². The number of hydrogen-bond donors (Lipinski definition) is 1. The normalized spacial score (nSPS) is 34.6. The summed E-state index contributed by atoms with van der Waals surface area (Å²) < 4.78 is 4.97. The van der Waals surface area contributed by atoms with Crippen molar-refractivity contribution in [2.75, 3.05) is 13.6 Å². The molecule has 1 N–H and O–H groups in total. The van der Waals surface area contributed by atoms with Crippen molar-refractivity contribution in [1.82, 2.24) is 20.4 Å². The fourth-order valence-corrected chi connectivity index (χ4v) is 5.40. The van der Waals surface area contributed by atoms with E-state index in [9.17, 15) is 4.79 Å². The average Bonchev–Trinajstić information content (AvgIpc) is 2.88. The number of likely N-dealkylation sites (N-methyl/N-ethyl adjacent to an activating group) is 1. The number of carbonyl (C=O) groups is 1. The molecule has 126 valence electrons. The number of carbonyl (C=O) groups excluding carboxylic acids is 1. The lowest BCUT2D eigenvalue weighted by atomic mass is 9.53. The smallest absolute Gasteiger partial charge is 0.317 e. The predicted octanol–water partition coefficient (Wildman–Crippen LogP) is 2.53. The number of amides is 2. The summed E-state index contributed by atoms with van der Waals surface area (Å²) in [5.41, 5.74) is 0.0722. The fraction of sp³-hybridized carbons (Fsp3) is 0.824. The van der Waals surface area contributed by atoms with Crippen molar-refractivity contribution in [1.29, 1.82) is 0 Å². The summed E-state index contributed by atoms with van der Waals surface area (Å²) in [5.74, 6) is 3.76. The van der Waals surface area contributed by atoms with Crippen LogP contribution >= 0.6 is 0 Å². The summed E-state index contributed by atoms with van der Waals surface area (Å²) in [7, 11) is 1.85. The monoisotopic (exact) mass is 318 g/mol. The molecule has 0 spiro atoms. The van der Waals surface area contributed by atoms with E-state index in [-0.39, 0.29) is 11.6 Å². The minimum atomic E-state index is 0.0483. The van der Waals surface area contributed by atoms with E-state index in [1.165, 1.54) is 38.5 Å². The maximum Gasteiger partial charge on any atom is 0.317 e. The summed E-state index contributed by atoms with van der Waals surface area (Å²) >= 11 is 0. The van der Waals surface area contributed by atoms with Gasteiger partial charge in [-0.1, -0.05) is 5.16 Å². The summed E-state index contributed by atoms with van der Waals surface area (Å²) in [6, 6.07) is 0.0483. The first-order chi connectivity index (χ1) is 11.0. The van der Waals surface area contributed by atoms with Crippen molar-refractivity contribution >= 4 is 6.03 Å². The minimum absolute atomic E-state index is 0.0483. The minimum Gasteiger partial charge on any atom is -0.340 e. The van der Waals surface area contributed by atoms with Crippen LogP contribution in [-0.4, -0.2) is 40.2 Å². The van der Waals surface area contributed by atoms with Crippen molar-refractivity contribution in [2.45, 2.75) is 57.4 Å². The van der Waals surface area contributed by atoms with Crippen molar-refractivity contribution in [3.8, 4) is 0 Å². The summed E-state index contributed by atoms with van der Waals surface area (Å²) in [6.07, 6.45) is 8.35. The molecule has 2 amide bonds. The van der Waals surface area contributed by atoms with Crippen LogP contribution in [0.1, 0.15) is 50.2 Å². The van der Waals surface area contributed by atoms with Crippen molar-refractivity contribution in [2.24, 2.45) is 17.8 Å². The second kappa shape index (κ2) is 5.49. The lowest BCUT2D eigenvalue weighted by Crippen LogP contribution is -2.61. The molecule has 0 aromatic carbocycles. The Hall–Kier alpha value is -1.59. The Kier molecular flexibility index (Phi) is 3.58. The second-order valence-electron chi connectivity index (χ2n) is 8.03. The molecule has 0 aliphatic heterocycles. The first kappa shape index (κ1) is 15.0. The highest BCUT2D eigenvalue weighted by atomic mass is 16.5. The highest BCUT2D eigenvalue weighted by molar-refractivity contribution is 5.74. The largest absolute Gasteiger partial charge is 0.340 e. The molecule has 4 aliphatic rings. The molecular weight excluding hydrogens is 292 g/mol. The molecule has 5 rings (SSSR count). The number of aryl methyl sites for hydroxylation is 1. The zero-order chi connectivity index (χ0) is 16.0. The maximum atomic E-state index is 12.6. The molecule has 4 fully saturated rings. The lowest BCUT2D eigenvalue weighted by Gasteiger charge is -2.57. The van der Waals surface area contributed by atoms with Crippen LogP contribution in [0.4, 0.5) is 4.79 Å². The van der Waals surface area contributed by atoms with Crippen LogP contribution in [0.2, 0.25) is 0 Å². The average molecular weight is 318 g/mol. The fourth-order valence-electron chi connectivity index (χ4n) is 5.40. The molecule has 0 atom stereocenters. The van der Waals surface area contributed by atoms with Gasteiger partial charge in [0.15, 0.2) is 5.82 Å². The van der Waals surface area contributed by atoms with Crippen LogP contribution in [0.3, 0.4) is 0 Å². The van der Waals surface area contributed by atoms with E-state index < -0.39 is 0 Å². The highest BCUT2D eigenvalue weighted by Gasteiger charge is 2.51. The molecule has 0 radical (unpaired) electrons. The number of nitrogens with one attached hydrogen (secondary N) is 1. The van der Waals surface area contributed by atoms with Gasteiger partial charge in [-0.15, -0.1) is 0 Å². The van der Waals surface area contributed by atoms with E-state index in [0.29, 0.717) is 24.7 Å². The molecule has 1 heterocycles. The van der Waals surface area contributed by atoms with E-state index in [1.807, 2.05) is 7.05 Å². The number of rotatable bonds is 4. The van der Waals surface area contributed by atoms with Gasteiger partial charge in [0.1, 0.15) is 0 Å². The van der Waals surface area contributed by atoms with Crippen molar-refractivity contribution < 1.29 is 9.32 Å². The molecular formula is C17H26N4O2. The summed E-state index contributed by atoms with van der Waals surface area (Å²) in [5, 5.41) is 7.27. The van der Waals surface area contributed by atoms with E-state index in [1.54, 1.807) is 11.8 Å². The lowest BCUT2D eigenvalue weighted by molar-refractivity contribution is -0.0152. The van der Waals surface area contributed by atoms with Gasteiger partial charge < -0.3 is 14.7 Å². The first-order valence-electron chi connectivity index (χ1n) is 8.84. The molecule has 0 saturated heterocycles. The van der Waals surface area contributed by atoms with Crippen LogP contribution in [0, 0.1) is 24.7 Å². The zero-order valence-corrected chi connectivity index (χ0v) is 14.0. The molecule has 6 heteroatoms.